The SMILES string of the molecule is Cc1c(F)cccc1C(N)C(C)C. The molecule has 0 saturated heterocycles. The fraction of sp³-hybridized carbons (Fsp3) is 0.455. The van der Waals surface area contributed by atoms with E-state index in [0.717, 1.165) is 5.56 Å². The topological polar surface area (TPSA) is 26.0 Å². The van der Waals surface area contributed by atoms with E-state index >= 15 is 0 Å². The number of rotatable bonds is 2. The molecule has 1 atom stereocenters. The molecule has 0 aromatic heterocycles. The summed E-state index contributed by atoms with van der Waals surface area (Å²) < 4.78 is 13.1. The van der Waals surface area contributed by atoms with Crippen molar-refractivity contribution in [2.75, 3.05) is 0 Å². The number of hydrogen-bond acceptors (Lipinski definition) is 1. The van der Waals surface area contributed by atoms with Gasteiger partial charge in [0.05, 0.1) is 0 Å². The highest BCUT2D eigenvalue weighted by atomic mass is 19.1. The minimum Gasteiger partial charge on any atom is -0.324 e. The van der Waals surface area contributed by atoms with Gasteiger partial charge in [0.25, 0.3) is 0 Å². The Morgan fingerprint density at radius 1 is 1.31 bits per heavy atom. The molecular weight excluding hydrogens is 165 g/mol. The van der Waals surface area contributed by atoms with Crippen molar-refractivity contribution >= 4 is 0 Å². The molecule has 0 spiro atoms. The lowest BCUT2D eigenvalue weighted by molar-refractivity contribution is 0.506. The summed E-state index contributed by atoms with van der Waals surface area (Å²) in [6.07, 6.45) is 0. The van der Waals surface area contributed by atoms with E-state index in [4.69, 9.17) is 5.73 Å². The van der Waals surface area contributed by atoms with E-state index in [-0.39, 0.29) is 11.9 Å². The molecule has 1 rings (SSSR count). The number of benzene rings is 1. The van der Waals surface area contributed by atoms with Crippen molar-refractivity contribution in [2.24, 2.45) is 11.7 Å². The standard InChI is InChI=1S/C11H16FN/c1-7(2)11(13)9-5-4-6-10(12)8(9)3/h4-7,11H,13H2,1-3H3. The van der Waals surface area contributed by atoms with Crippen molar-refractivity contribution in [1.82, 2.24) is 0 Å². The maximum Gasteiger partial charge on any atom is 0.126 e. The largest absolute Gasteiger partial charge is 0.324 e. The Hall–Kier alpha value is -0.890. The van der Waals surface area contributed by atoms with Crippen LogP contribution in [-0.4, -0.2) is 0 Å². The zero-order valence-electron chi connectivity index (χ0n) is 8.34. The molecule has 0 amide bonds. The molecule has 0 bridgehead atoms. The molecule has 0 aliphatic carbocycles. The first-order valence-electron chi connectivity index (χ1n) is 4.54. The first-order chi connectivity index (χ1) is 6.04. The van der Waals surface area contributed by atoms with Crippen LogP contribution in [0.4, 0.5) is 4.39 Å². The van der Waals surface area contributed by atoms with Crippen LogP contribution in [-0.2, 0) is 0 Å². The molecule has 0 saturated carbocycles. The van der Waals surface area contributed by atoms with Crippen molar-refractivity contribution in [3.05, 3.63) is 35.1 Å². The van der Waals surface area contributed by atoms with Gasteiger partial charge in [-0.15, -0.1) is 0 Å². The van der Waals surface area contributed by atoms with Gasteiger partial charge in [0.15, 0.2) is 0 Å². The Morgan fingerprint density at radius 3 is 2.46 bits per heavy atom. The molecule has 0 heterocycles. The average Bonchev–Trinajstić information content (AvgIpc) is 2.08. The van der Waals surface area contributed by atoms with Gasteiger partial charge >= 0.3 is 0 Å². The molecule has 1 nitrogen and oxygen atoms in total. The van der Waals surface area contributed by atoms with Crippen LogP contribution in [0.1, 0.15) is 31.0 Å². The summed E-state index contributed by atoms with van der Waals surface area (Å²) in [5.74, 6) is 0.161. The lowest BCUT2D eigenvalue weighted by Crippen LogP contribution is -2.18. The molecule has 1 unspecified atom stereocenters. The molecule has 0 aliphatic heterocycles. The predicted octanol–water partition coefficient (Wildman–Crippen LogP) is 2.79. The second-order valence-electron chi connectivity index (χ2n) is 3.72. The maximum absolute atomic E-state index is 13.1. The quantitative estimate of drug-likeness (QED) is 0.746. The van der Waals surface area contributed by atoms with Crippen molar-refractivity contribution in [3.8, 4) is 0 Å². The first kappa shape index (κ1) is 10.2. The van der Waals surface area contributed by atoms with Crippen LogP contribution in [0.3, 0.4) is 0 Å². The van der Waals surface area contributed by atoms with Crippen LogP contribution in [0.5, 0.6) is 0 Å². The van der Waals surface area contributed by atoms with Gasteiger partial charge in [-0.05, 0) is 30.0 Å². The molecule has 2 heteroatoms. The fourth-order valence-corrected chi connectivity index (χ4v) is 1.34. The van der Waals surface area contributed by atoms with E-state index in [1.54, 1.807) is 13.0 Å². The highest BCUT2D eigenvalue weighted by Gasteiger charge is 2.14. The van der Waals surface area contributed by atoms with Gasteiger partial charge in [0.1, 0.15) is 5.82 Å². The Balaban J connectivity index is 3.07. The minimum atomic E-state index is -0.173. The van der Waals surface area contributed by atoms with Crippen molar-refractivity contribution in [3.63, 3.8) is 0 Å². The Bertz CT molecular complexity index is 294. The molecular formula is C11H16FN. The minimum absolute atomic E-state index is 0.0734. The van der Waals surface area contributed by atoms with Crippen LogP contribution in [0, 0.1) is 18.7 Å². The summed E-state index contributed by atoms with van der Waals surface area (Å²) in [6, 6.07) is 4.99. The van der Waals surface area contributed by atoms with Gasteiger partial charge < -0.3 is 5.73 Å². The van der Waals surface area contributed by atoms with Crippen molar-refractivity contribution < 1.29 is 4.39 Å². The third-order valence-corrected chi connectivity index (χ3v) is 2.39. The molecule has 2 N–H and O–H groups in total. The van der Waals surface area contributed by atoms with Crippen LogP contribution < -0.4 is 5.73 Å². The smallest absolute Gasteiger partial charge is 0.126 e. The van der Waals surface area contributed by atoms with Gasteiger partial charge in [-0.2, -0.15) is 0 Å². The zero-order chi connectivity index (χ0) is 10.0. The maximum atomic E-state index is 13.1. The van der Waals surface area contributed by atoms with Crippen LogP contribution >= 0.6 is 0 Å². The van der Waals surface area contributed by atoms with E-state index in [1.807, 2.05) is 19.9 Å². The summed E-state index contributed by atoms with van der Waals surface area (Å²) >= 11 is 0. The Morgan fingerprint density at radius 2 is 1.92 bits per heavy atom. The molecule has 72 valence electrons. The lowest BCUT2D eigenvalue weighted by atomic mass is 9.93. The molecule has 13 heavy (non-hydrogen) atoms. The van der Waals surface area contributed by atoms with E-state index in [1.165, 1.54) is 6.07 Å². The molecule has 0 fully saturated rings. The molecule has 1 aromatic rings. The summed E-state index contributed by atoms with van der Waals surface area (Å²) in [4.78, 5) is 0. The van der Waals surface area contributed by atoms with Gasteiger partial charge in [0.2, 0.25) is 0 Å². The van der Waals surface area contributed by atoms with Gasteiger partial charge in [0, 0.05) is 6.04 Å². The van der Waals surface area contributed by atoms with E-state index in [9.17, 15) is 4.39 Å². The predicted molar refractivity (Wildman–Crippen MR) is 52.9 cm³/mol. The third kappa shape index (κ3) is 2.07. The highest BCUT2D eigenvalue weighted by Crippen LogP contribution is 2.23. The molecule has 1 aromatic carbocycles. The summed E-state index contributed by atoms with van der Waals surface area (Å²) in [5.41, 5.74) is 7.52. The van der Waals surface area contributed by atoms with E-state index in [2.05, 4.69) is 0 Å². The third-order valence-electron chi connectivity index (χ3n) is 2.39. The van der Waals surface area contributed by atoms with Crippen molar-refractivity contribution in [2.45, 2.75) is 26.8 Å². The summed E-state index contributed by atoms with van der Waals surface area (Å²) in [5, 5.41) is 0. The number of halogens is 1. The first-order valence-corrected chi connectivity index (χ1v) is 4.54. The Kier molecular flexibility index (Phi) is 3.04. The average molecular weight is 181 g/mol. The van der Waals surface area contributed by atoms with Crippen LogP contribution in [0.15, 0.2) is 18.2 Å². The van der Waals surface area contributed by atoms with Gasteiger partial charge in [-0.25, -0.2) is 4.39 Å². The van der Waals surface area contributed by atoms with E-state index < -0.39 is 0 Å². The second-order valence-corrected chi connectivity index (χ2v) is 3.72. The summed E-state index contributed by atoms with van der Waals surface area (Å²) in [6.45, 7) is 5.84. The zero-order valence-corrected chi connectivity index (χ0v) is 8.34. The molecule has 0 aliphatic rings. The molecule has 0 radical (unpaired) electrons. The fourth-order valence-electron chi connectivity index (χ4n) is 1.34. The monoisotopic (exact) mass is 181 g/mol. The van der Waals surface area contributed by atoms with Gasteiger partial charge in [-0.3, -0.25) is 0 Å². The van der Waals surface area contributed by atoms with Crippen LogP contribution in [0.25, 0.3) is 0 Å². The lowest BCUT2D eigenvalue weighted by Gasteiger charge is -2.18. The number of nitrogens with two attached hydrogens (primary N) is 1. The number of hydrogen-bond donors (Lipinski definition) is 1. The second kappa shape index (κ2) is 3.88. The highest BCUT2D eigenvalue weighted by molar-refractivity contribution is 5.30. The van der Waals surface area contributed by atoms with Crippen LogP contribution in [0.2, 0.25) is 0 Å². The van der Waals surface area contributed by atoms with Crippen molar-refractivity contribution in [1.29, 1.82) is 0 Å². The summed E-state index contributed by atoms with van der Waals surface area (Å²) in [7, 11) is 0. The Labute approximate surface area is 78.8 Å². The van der Waals surface area contributed by atoms with Gasteiger partial charge in [-0.1, -0.05) is 26.0 Å². The van der Waals surface area contributed by atoms with E-state index in [0.29, 0.717) is 11.5 Å². The normalized spacial score (nSPS) is 13.4.